The number of amides is 1. The van der Waals surface area contributed by atoms with Crippen LogP contribution in [0.1, 0.15) is 17.5 Å². The van der Waals surface area contributed by atoms with Crippen LogP contribution in [-0.2, 0) is 24.8 Å². The number of hydrogen-bond acceptors (Lipinski definition) is 6. The molecule has 1 amide bonds. The molecule has 1 saturated heterocycles. The number of rotatable bonds is 5. The lowest BCUT2D eigenvalue weighted by molar-refractivity contribution is -0.116. The van der Waals surface area contributed by atoms with Crippen molar-refractivity contribution in [1.82, 2.24) is 0 Å². The van der Waals surface area contributed by atoms with Gasteiger partial charge in [0.25, 0.3) is 10.0 Å². The van der Waals surface area contributed by atoms with Crippen molar-refractivity contribution >= 4 is 37.3 Å². The highest BCUT2D eigenvalue weighted by Crippen LogP contribution is 2.34. The van der Waals surface area contributed by atoms with E-state index in [9.17, 15) is 21.6 Å². The first-order valence-electron chi connectivity index (χ1n) is 8.40. The second-order valence-electron chi connectivity index (χ2n) is 6.43. The Balaban J connectivity index is 2.11. The van der Waals surface area contributed by atoms with E-state index in [0.29, 0.717) is 9.99 Å². The predicted molar refractivity (Wildman–Crippen MR) is 106 cm³/mol. The molecule has 1 N–H and O–H groups in total. The molecule has 150 valence electrons. The predicted octanol–water partition coefficient (Wildman–Crippen LogP) is 2.18. The van der Waals surface area contributed by atoms with Gasteiger partial charge in [0.2, 0.25) is 15.9 Å². The molecule has 1 heterocycles. The van der Waals surface area contributed by atoms with Crippen LogP contribution in [0.2, 0.25) is 0 Å². The van der Waals surface area contributed by atoms with Crippen LogP contribution in [0.3, 0.4) is 0 Å². The number of carbonyl (C=O) groups is 1. The van der Waals surface area contributed by atoms with Crippen molar-refractivity contribution in [1.29, 1.82) is 0 Å². The minimum Gasteiger partial charge on any atom is -0.495 e. The van der Waals surface area contributed by atoms with Crippen LogP contribution in [0.4, 0.5) is 11.4 Å². The summed E-state index contributed by atoms with van der Waals surface area (Å²) in [6, 6.07) is 9.17. The fraction of sp³-hybridized carbons (Fsp3) is 0.278. The summed E-state index contributed by atoms with van der Waals surface area (Å²) in [5, 5.41) is 0. The molecule has 1 aliphatic heterocycles. The molecule has 2 aromatic carbocycles. The summed E-state index contributed by atoms with van der Waals surface area (Å²) in [5.41, 5.74) is 1.86. The van der Waals surface area contributed by atoms with Crippen LogP contribution in [0.25, 0.3) is 0 Å². The van der Waals surface area contributed by atoms with Gasteiger partial charge < -0.3 is 4.74 Å². The van der Waals surface area contributed by atoms with Crippen molar-refractivity contribution in [3.05, 3.63) is 47.5 Å². The van der Waals surface area contributed by atoms with E-state index in [1.54, 1.807) is 26.0 Å². The second-order valence-corrected chi connectivity index (χ2v) is 10.0. The number of para-hydroxylation sites is 1. The number of hydrogen-bond donors (Lipinski definition) is 1. The number of methoxy groups -OCH3 is 1. The zero-order valence-corrected chi connectivity index (χ0v) is 17.2. The smallest absolute Gasteiger partial charge is 0.265 e. The Morgan fingerprint density at radius 2 is 1.75 bits per heavy atom. The van der Waals surface area contributed by atoms with E-state index in [4.69, 9.17) is 4.74 Å². The maximum Gasteiger partial charge on any atom is 0.265 e. The highest BCUT2D eigenvalue weighted by atomic mass is 32.2. The Bertz CT molecular complexity index is 1140. The van der Waals surface area contributed by atoms with Crippen molar-refractivity contribution in [2.24, 2.45) is 0 Å². The van der Waals surface area contributed by atoms with E-state index in [-0.39, 0.29) is 28.5 Å². The number of nitrogens with one attached hydrogen (secondary N) is 1. The fourth-order valence-corrected chi connectivity index (χ4v) is 5.88. The van der Waals surface area contributed by atoms with E-state index < -0.39 is 26.0 Å². The number of aryl methyl sites for hydroxylation is 2. The first-order valence-corrected chi connectivity index (χ1v) is 11.5. The molecule has 2 aromatic rings. The van der Waals surface area contributed by atoms with Gasteiger partial charge in [-0.25, -0.2) is 21.1 Å². The van der Waals surface area contributed by atoms with Crippen LogP contribution in [-0.4, -0.2) is 35.6 Å². The lowest BCUT2D eigenvalue weighted by atomic mass is 10.1. The van der Waals surface area contributed by atoms with Crippen LogP contribution < -0.4 is 13.8 Å². The largest absolute Gasteiger partial charge is 0.495 e. The molecule has 0 spiro atoms. The highest BCUT2D eigenvalue weighted by molar-refractivity contribution is 7.94. The van der Waals surface area contributed by atoms with Gasteiger partial charge in [-0.15, -0.1) is 0 Å². The quantitative estimate of drug-likeness (QED) is 0.788. The van der Waals surface area contributed by atoms with E-state index in [0.717, 1.165) is 17.2 Å². The molecule has 0 aromatic heterocycles. The molecule has 28 heavy (non-hydrogen) atoms. The summed E-state index contributed by atoms with van der Waals surface area (Å²) in [5.74, 6) is -0.872. The van der Waals surface area contributed by atoms with Crippen LogP contribution in [0, 0.1) is 13.8 Å². The summed E-state index contributed by atoms with van der Waals surface area (Å²) in [6.45, 7) is 3.54. The van der Waals surface area contributed by atoms with Crippen molar-refractivity contribution in [2.45, 2.75) is 25.2 Å². The topological polar surface area (TPSA) is 110 Å². The molecule has 8 nitrogen and oxygen atoms in total. The second kappa shape index (κ2) is 7.10. The Morgan fingerprint density at radius 1 is 1.11 bits per heavy atom. The van der Waals surface area contributed by atoms with Crippen molar-refractivity contribution in [3.63, 3.8) is 0 Å². The summed E-state index contributed by atoms with van der Waals surface area (Å²) in [7, 11) is -6.62. The van der Waals surface area contributed by atoms with Gasteiger partial charge >= 0.3 is 0 Å². The van der Waals surface area contributed by atoms with Gasteiger partial charge in [-0.3, -0.25) is 9.52 Å². The Hall–Kier alpha value is -2.59. The van der Waals surface area contributed by atoms with Crippen LogP contribution >= 0.6 is 0 Å². The third-order valence-corrected chi connectivity index (χ3v) is 7.53. The fourth-order valence-electron chi connectivity index (χ4n) is 3.04. The molecule has 3 rings (SSSR count). The average Bonchev–Trinajstić information content (AvgIpc) is 2.90. The molecule has 1 aliphatic rings. The van der Waals surface area contributed by atoms with Crippen molar-refractivity contribution in [3.8, 4) is 5.75 Å². The molecular formula is C18H20N2O6S2. The van der Waals surface area contributed by atoms with Gasteiger partial charge in [0.15, 0.2) is 0 Å². The standard InChI is InChI=1S/C18H20N2O6S2/c1-12-5-4-6-13(2)18(12)19-28(24,25)16-11-14(7-8-15(16)26-3)20-17(21)9-10-27(20,22)23/h4-8,11,19H,9-10H2,1-3H3. The minimum atomic E-state index is -4.12. The first-order chi connectivity index (χ1) is 13.1. The van der Waals surface area contributed by atoms with E-state index in [2.05, 4.69) is 4.72 Å². The first kappa shape index (κ1) is 20.2. The van der Waals surface area contributed by atoms with E-state index in [1.165, 1.54) is 19.2 Å². The third kappa shape index (κ3) is 3.57. The zero-order valence-electron chi connectivity index (χ0n) is 15.6. The number of sulfonamides is 2. The Morgan fingerprint density at radius 3 is 2.29 bits per heavy atom. The average molecular weight is 425 g/mol. The Labute approximate surface area is 164 Å². The summed E-state index contributed by atoms with van der Waals surface area (Å²) in [4.78, 5) is 11.8. The monoisotopic (exact) mass is 424 g/mol. The number of anilines is 2. The maximum absolute atomic E-state index is 13.1. The van der Waals surface area contributed by atoms with Gasteiger partial charge in [0, 0.05) is 6.42 Å². The minimum absolute atomic E-state index is 0.0338. The van der Waals surface area contributed by atoms with Crippen molar-refractivity contribution < 1.29 is 26.4 Å². The number of benzene rings is 2. The number of carbonyl (C=O) groups excluding carboxylic acids is 1. The van der Waals surface area contributed by atoms with Crippen molar-refractivity contribution in [2.75, 3.05) is 21.9 Å². The lowest BCUT2D eigenvalue weighted by Crippen LogP contribution is -2.29. The molecule has 10 heteroatoms. The molecule has 0 radical (unpaired) electrons. The number of ether oxygens (including phenoxy) is 1. The summed E-state index contributed by atoms with van der Waals surface area (Å²) >= 11 is 0. The Kier molecular flexibility index (Phi) is 5.11. The molecule has 0 saturated carbocycles. The maximum atomic E-state index is 13.1. The molecular weight excluding hydrogens is 404 g/mol. The van der Waals surface area contributed by atoms with Gasteiger partial charge in [0.1, 0.15) is 10.6 Å². The highest BCUT2D eigenvalue weighted by Gasteiger charge is 2.37. The SMILES string of the molecule is COc1ccc(N2C(=O)CCS2(=O)=O)cc1S(=O)(=O)Nc1c(C)cccc1C. The van der Waals surface area contributed by atoms with Crippen LogP contribution in [0.15, 0.2) is 41.3 Å². The molecule has 0 atom stereocenters. The molecule has 0 aliphatic carbocycles. The van der Waals surface area contributed by atoms with Gasteiger partial charge in [-0.1, -0.05) is 18.2 Å². The third-order valence-electron chi connectivity index (χ3n) is 4.47. The normalized spacial score (nSPS) is 16.2. The molecule has 0 unspecified atom stereocenters. The summed E-state index contributed by atoms with van der Waals surface area (Å²) < 4.78 is 58.8. The lowest BCUT2D eigenvalue weighted by Gasteiger charge is -2.19. The van der Waals surface area contributed by atoms with E-state index in [1.807, 2.05) is 6.07 Å². The van der Waals surface area contributed by atoms with Gasteiger partial charge in [0.05, 0.1) is 24.2 Å². The van der Waals surface area contributed by atoms with Gasteiger partial charge in [-0.05, 0) is 43.2 Å². The molecule has 1 fully saturated rings. The van der Waals surface area contributed by atoms with Gasteiger partial charge in [-0.2, -0.15) is 0 Å². The number of nitrogens with zero attached hydrogens (tertiary/aromatic N) is 1. The summed E-state index contributed by atoms with van der Waals surface area (Å²) in [6.07, 6.45) is -0.142. The zero-order chi connectivity index (χ0) is 20.7. The van der Waals surface area contributed by atoms with Crippen LogP contribution in [0.5, 0.6) is 5.75 Å². The van der Waals surface area contributed by atoms with E-state index >= 15 is 0 Å². The molecule has 0 bridgehead atoms.